The number of piperazine rings is 1. The molecule has 0 bridgehead atoms. The van der Waals surface area contributed by atoms with Crippen LogP contribution in [0.1, 0.15) is 10.4 Å². The largest absolute Gasteiger partial charge is 0.399 e. The molecule has 21 heavy (non-hydrogen) atoms. The molecule has 108 valence electrons. The van der Waals surface area contributed by atoms with Crippen molar-refractivity contribution in [3.63, 3.8) is 0 Å². The van der Waals surface area contributed by atoms with Crippen LogP contribution in [-0.4, -0.2) is 53.4 Å². The molecule has 0 radical (unpaired) electrons. The molecule has 0 spiro atoms. The number of anilines is 1. The van der Waals surface area contributed by atoms with Crippen LogP contribution in [0.3, 0.4) is 0 Å². The molecule has 1 aromatic heterocycles. The minimum Gasteiger partial charge on any atom is -0.399 e. The van der Waals surface area contributed by atoms with E-state index in [-0.39, 0.29) is 5.91 Å². The van der Waals surface area contributed by atoms with E-state index in [2.05, 4.69) is 15.8 Å². The number of hydrogen-bond donors (Lipinski definition) is 2. The topological polar surface area (TPSA) is 65.4 Å². The fourth-order valence-corrected chi connectivity index (χ4v) is 2.73. The summed E-state index contributed by atoms with van der Waals surface area (Å²) in [4.78, 5) is 19.8. The van der Waals surface area contributed by atoms with Crippen molar-refractivity contribution in [2.24, 2.45) is 0 Å². The van der Waals surface area contributed by atoms with Crippen molar-refractivity contribution in [1.82, 2.24) is 14.8 Å². The predicted octanol–water partition coefficient (Wildman–Crippen LogP) is 1.14. The molecule has 1 fully saturated rings. The highest BCUT2D eigenvalue weighted by molar-refractivity contribution is 6.07. The normalized spacial score (nSPS) is 16.0. The van der Waals surface area contributed by atoms with Gasteiger partial charge in [0.1, 0.15) is 0 Å². The standard InChI is InChI=1S/C16H18N4O/c1-2-5-19-6-8-20(9-7-19)16(21)14-11-18-15-10-12(17)3-4-13(14)15/h1,3-4,10-11,18H,5-9,17H2. The van der Waals surface area contributed by atoms with Crippen LogP contribution in [0, 0.1) is 12.3 Å². The van der Waals surface area contributed by atoms with Gasteiger partial charge in [0.05, 0.1) is 12.1 Å². The number of H-pyrrole nitrogens is 1. The summed E-state index contributed by atoms with van der Waals surface area (Å²) in [7, 11) is 0. The van der Waals surface area contributed by atoms with E-state index >= 15 is 0 Å². The summed E-state index contributed by atoms with van der Waals surface area (Å²) >= 11 is 0. The van der Waals surface area contributed by atoms with Gasteiger partial charge in [-0.15, -0.1) is 6.42 Å². The fourth-order valence-electron chi connectivity index (χ4n) is 2.73. The van der Waals surface area contributed by atoms with Crippen molar-refractivity contribution in [1.29, 1.82) is 0 Å². The Morgan fingerprint density at radius 3 is 2.81 bits per heavy atom. The number of hydrogen-bond acceptors (Lipinski definition) is 3. The van der Waals surface area contributed by atoms with Gasteiger partial charge in [0.25, 0.3) is 5.91 Å². The first-order chi connectivity index (χ1) is 10.2. The highest BCUT2D eigenvalue weighted by Gasteiger charge is 2.23. The summed E-state index contributed by atoms with van der Waals surface area (Å²) < 4.78 is 0. The molecule has 0 aliphatic carbocycles. The molecular weight excluding hydrogens is 264 g/mol. The van der Waals surface area contributed by atoms with Gasteiger partial charge in [-0.1, -0.05) is 5.92 Å². The number of aromatic nitrogens is 1. The Morgan fingerprint density at radius 2 is 2.10 bits per heavy atom. The zero-order chi connectivity index (χ0) is 14.8. The average molecular weight is 282 g/mol. The number of benzene rings is 1. The van der Waals surface area contributed by atoms with E-state index in [1.807, 2.05) is 23.1 Å². The molecule has 5 heteroatoms. The van der Waals surface area contributed by atoms with E-state index in [0.29, 0.717) is 30.9 Å². The van der Waals surface area contributed by atoms with E-state index in [4.69, 9.17) is 12.2 Å². The lowest BCUT2D eigenvalue weighted by Crippen LogP contribution is -2.48. The van der Waals surface area contributed by atoms with Crippen molar-refractivity contribution in [2.75, 3.05) is 38.5 Å². The molecule has 1 aliphatic rings. The van der Waals surface area contributed by atoms with Gasteiger partial charge >= 0.3 is 0 Å². The lowest BCUT2D eigenvalue weighted by Gasteiger charge is -2.33. The summed E-state index contributed by atoms with van der Waals surface area (Å²) in [6.07, 6.45) is 7.08. The van der Waals surface area contributed by atoms with Crippen molar-refractivity contribution < 1.29 is 4.79 Å². The summed E-state index contributed by atoms with van der Waals surface area (Å²) in [5.74, 6) is 2.71. The highest BCUT2D eigenvalue weighted by Crippen LogP contribution is 2.22. The van der Waals surface area contributed by atoms with Gasteiger partial charge < -0.3 is 15.6 Å². The molecule has 1 aromatic carbocycles. The number of aromatic amines is 1. The van der Waals surface area contributed by atoms with Crippen LogP contribution in [0.2, 0.25) is 0 Å². The Labute approximate surface area is 123 Å². The molecule has 0 saturated carbocycles. The second-order valence-corrected chi connectivity index (χ2v) is 5.28. The lowest BCUT2D eigenvalue weighted by atomic mass is 10.1. The monoisotopic (exact) mass is 282 g/mol. The number of nitrogens with one attached hydrogen (secondary N) is 1. The van der Waals surface area contributed by atoms with Crippen LogP contribution >= 0.6 is 0 Å². The quantitative estimate of drug-likeness (QED) is 0.641. The van der Waals surface area contributed by atoms with E-state index in [9.17, 15) is 4.79 Å². The number of rotatable bonds is 2. The van der Waals surface area contributed by atoms with Crippen LogP contribution in [0.4, 0.5) is 5.69 Å². The number of carbonyl (C=O) groups excluding carboxylic acids is 1. The van der Waals surface area contributed by atoms with Gasteiger partial charge in [-0.05, 0) is 18.2 Å². The molecule has 5 nitrogen and oxygen atoms in total. The number of carbonyl (C=O) groups is 1. The zero-order valence-corrected chi connectivity index (χ0v) is 11.8. The van der Waals surface area contributed by atoms with E-state index in [1.165, 1.54) is 0 Å². The molecule has 0 atom stereocenters. The second-order valence-electron chi connectivity index (χ2n) is 5.28. The van der Waals surface area contributed by atoms with Crippen LogP contribution in [0.25, 0.3) is 10.9 Å². The number of nitrogens with two attached hydrogens (primary N) is 1. The minimum absolute atomic E-state index is 0.0615. The Balaban J connectivity index is 1.77. The molecule has 0 unspecified atom stereocenters. The number of fused-ring (bicyclic) bond motifs is 1. The Bertz CT molecular complexity index is 705. The number of nitrogens with zero attached hydrogens (tertiary/aromatic N) is 2. The molecule has 2 aromatic rings. The van der Waals surface area contributed by atoms with Crippen LogP contribution in [0.15, 0.2) is 24.4 Å². The number of terminal acetylenes is 1. The van der Waals surface area contributed by atoms with Gasteiger partial charge in [0.2, 0.25) is 0 Å². The van der Waals surface area contributed by atoms with Gasteiger partial charge in [-0.3, -0.25) is 9.69 Å². The van der Waals surface area contributed by atoms with Gasteiger partial charge in [0, 0.05) is 49.0 Å². The Kier molecular flexibility index (Phi) is 3.55. The highest BCUT2D eigenvalue weighted by atomic mass is 16.2. The van der Waals surface area contributed by atoms with E-state index < -0.39 is 0 Å². The third-order valence-electron chi connectivity index (χ3n) is 3.91. The third-order valence-corrected chi connectivity index (χ3v) is 3.91. The maximum absolute atomic E-state index is 12.6. The molecular formula is C16H18N4O. The Hall–Kier alpha value is -2.45. The van der Waals surface area contributed by atoms with Gasteiger partial charge in [-0.25, -0.2) is 0 Å². The summed E-state index contributed by atoms with van der Waals surface area (Å²) in [6, 6.07) is 5.55. The number of nitrogen functional groups attached to an aromatic ring is 1. The fraction of sp³-hybridized carbons (Fsp3) is 0.312. The van der Waals surface area contributed by atoms with Crippen molar-refractivity contribution in [2.45, 2.75) is 0 Å². The van der Waals surface area contributed by atoms with Crippen molar-refractivity contribution in [3.05, 3.63) is 30.0 Å². The van der Waals surface area contributed by atoms with Crippen LogP contribution in [-0.2, 0) is 0 Å². The molecule has 1 aliphatic heterocycles. The molecule has 3 N–H and O–H groups in total. The molecule has 2 heterocycles. The predicted molar refractivity (Wildman–Crippen MR) is 83.9 cm³/mol. The molecule has 1 saturated heterocycles. The van der Waals surface area contributed by atoms with Crippen LogP contribution in [0.5, 0.6) is 0 Å². The number of amides is 1. The van der Waals surface area contributed by atoms with Crippen molar-refractivity contribution >= 4 is 22.5 Å². The lowest BCUT2D eigenvalue weighted by molar-refractivity contribution is 0.0654. The van der Waals surface area contributed by atoms with Crippen LogP contribution < -0.4 is 5.73 Å². The maximum atomic E-state index is 12.6. The minimum atomic E-state index is 0.0615. The summed E-state index contributed by atoms with van der Waals surface area (Å²) in [6.45, 7) is 3.72. The van der Waals surface area contributed by atoms with E-state index in [0.717, 1.165) is 24.0 Å². The van der Waals surface area contributed by atoms with Crippen molar-refractivity contribution in [3.8, 4) is 12.3 Å². The first kappa shape index (κ1) is 13.5. The van der Waals surface area contributed by atoms with Gasteiger partial charge in [0.15, 0.2) is 0 Å². The van der Waals surface area contributed by atoms with Gasteiger partial charge in [-0.2, -0.15) is 0 Å². The Morgan fingerprint density at radius 1 is 1.33 bits per heavy atom. The average Bonchev–Trinajstić information content (AvgIpc) is 2.90. The maximum Gasteiger partial charge on any atom is 0.256 e. The third kappa shape index (κ3) is 2.58. The smallest absolute Gasteiger partial charge is 0.256 e. The molecule has 1 amide bonds. The first-order valence-corrected chi connectivity index (χ1v) is 7.01. The SMILES string of the molecule is C#CCN1CCN(C(=O)c2c[nH]c3cc(N)ccc23)CC1. The molecule has 3 rings (SSSR count). The van der Waals surface area contributed by atoms with E-state index in [1.54, 1.807) is 6.20 Å². The summed E-state index contributed by atoms with van der Waals surface area (Å²) in [5, 5.41) is 0.917. The summed E-state index contributed by atoms with van der Waals surface area (Å²) in [5.41, 5.74) is 8.04. The first-order valence-electron chi connectivity index (χ1n) is 7.01. The zero-order valence-electron chi connectivity index (χ0n) is 11.8. The second kappa shape index (κ2) is 5.51.